The molecule has 0 amide bonds. The first kappa shape index (κ1) is 13.4. The number of nitrogens with zero attached hydrogens (tertiary/aromatic N) is 2. The number of esters is 1. The Bertz CT molecular complexity index is 352. The normalized spacial score (nSPS) is 10.2. The quantitative estimate of drug-likeness (QED) is 0.531. The second kappa shape index (κ2) is 7.57. The van der Waals surface area contributed by atoms with Gasteiger partial charge in [-0.3, -0.25) is 14.7 Å². The predicted molar refractivity (Wildman–Crippen MR) is 66.3 cm³/mol. The molecule has 0 aromatic carbocycles. The minimum Gasteiger partial charge on any atom is -0.465 e. The van der Waals surface area contributed by atoms with Crippen molar-refractivity contribution in [2.75, 3.05) is 19.7 Å². The van der Waals surface area contributed by atoms with E-state index in [1.807, 2.05) is 17.0 Å². The van der Waals surface area contributed by atoms with Gasteiger partial charge in [0.05, 0.1) is 13.2 Å². The van der Waals surface area contributed by atoms with Gasteiger partial charge in [-0.2, -0.15) is 0 Å². The Labute approximate surface area is 102 Å². The van der Waals surface area contributed by atoms with Crippen LogP contribution < -0.4 is 0 Å². The summed E-state index contributed by atoms with van der Waals surface area (Å²) < 4.78 is 4.93. The molecular formula is C13H18N2O2. The lowest BCUT2D eigenvalue weighted by Gasteiger charge is -2.19. The van der Waals surface area contributed by atoms with Gasteiger partial charge >= 0.3 is 5.97 Å². The van der Waals surface area contributed by atoms with Crippen LogP contribution in [-0.4, -0.2) is 35.5 Å². The fourth-order valence-corrected chi connectivity index (χ4v) is 1.51. The van der Waals surface area contributed by atoms with E-state index >= 15 is 0 Å². The van der Waals surface area contributed by atoms with E-state index in [4.69, 9.17) is 4.74 Å². The molecule has 0 saturated carbocycles. The number of hydrogen-bond acceptors (Lipinski definition) is 4. The summed E-state index contributed by atoms with van der Waals surface area (Å²) in [5.74, 6) is -0.210. The Morgan fingerprint density at radius 1 is 1.65 bits per heavy atom. The van der Waals surface area contributed by atoms with Crippen molar-refractivity contribution in [3.63, 3.8) is 0 Å². The van der Waals surface area contributed by atoms with Gasteiger partial charge in [0.1, 0.15) is 0 Å². The first-order valence-corrected chi connectivity index (χ1v) is 5.64. The summed E-state index contributed by atoms with van der Waals surface area (Å²) in [5.41, 5.74) is 1.07. The van der Waals surface area contributed by atoms with Crippen molar-refractivity contribution >= 4 is 5.97 Å². The van der Waals surface area contributed by atoms with E-state index in [9.17, 15) is 4.79 Å². The van der Waals surface area contributed by atoms with E-state index in [1.165, 1.54) is 0 Å². The molecular weight excluding hydrogens is 216 g/mol. The first-order chi connectivity index (χ1) is 8.26. The Kier molecular flexibility index (Phi) is 5.96. The van der Waals surface area contributed by atoms with Crippen LogP contribution in [0.4, 0.5) is 0 Å². The third-order valence-corrected chi connectivity index (χ3v) is 2.17. The van der Waals surface area contributed by atoms with E-state index in [1.54, 1.807) is 25.4 Å². The summed E-state index contributed by atoms with van der Waals surface area (Å²) >= 11 is 0. The van der Waals surface area contributed by atoms with Crippen LogP contribution in [0, 0.1) is 0 Å². The van der Waals surface area contributed by atoms with Crippen molar-refractivity contribution in [2.45, 2.75) is 13.5 Å². The zero-order chi connectivity index (χ0) is 12.5. The predicted octanol–water partition coefficient (Wildman–Crippen LogP) is 1.63. The van der Waals surface area contributed by atoms with Crippen LogP contribution in [0.15, 0.2) is 37.2 Å². The van der Waals surface area contributed by atoms with Crippen LogP contribution >= 0.6 is 0 Å². The second-order valence-electron chi connectivity index (χ2n) is 3.62. The fourth-order valence-electron chi connectivity index (χ4n) is 1.51. The molecule has 0 aliphatic heterocycles. The molecule has 1 aromatic rings. The molecule has 0 spiro atoms. The number of carbonyl (C=O) groups is 1. The molecule has 0 atom stereocenters. The molecule has 1 heterocycles. The van der Waals surface area contributed by atoms with Crippen molar-refractivity contribution in [3.05, 3.63) is 42.7 Å². The number of aromatic nitrogens is 1. The van der Waals surface area contributed by atoms with Crippen LogP contribution in [0.2, 0.25) is 0 Å². The van der Waals surface area contributed by atoms with Gasteiger partial charge in [0.25, 0.3) is 0 Å². The largest absolute Gasteiger partial charge is 0.465 e. The summed E-state index contributed by atoms with van der Waals surface area (Å²) in [6.45, 7) is 7.48. The molecule has 4 nitrogen and oxygen atoms in total. The molecule has 0 N–H and O–H groups in total. The van der Waals surface area contributed by atoms with Gasteiger partial charge in [0.2, 0.25) is 0 Å². The maximum atomic E-state index is 11.4. The summed E-state index contributed by atoms with van der Waals surface area (Å²) in [5, 5.41) is 0. The summed E-state index contributed by atoms with van der Waals surface area (Å²) in [6.07, 6.45) is 5.30. The van der Waals surface area contributed by atoms with Crippen LogP contribution in [0.5, 0.6) is 0 Å². The van der Waals surface area contributed by atoms with Gasteiger partial charge in [-0.05, 0) is 18.6 Å². The average molecular weight is 234 g/mol. The lowest BCUT2D eigenvalue weighted by Crippen LogP contribution is -2.30. The molecule has 0 unspecified atom stereocenters. The van der Waals surface area contributed by atoms with Crippen LogP contribution in [0.25, 0.3) is 0 Å². The van der Waals surface area contributed by atoms with Gasteiger partial charge in [0, 0.05) is 25.5 Å². The van der Waals surface area contributed by atoms with Crippen LogP contribution in [-0.2, 0) is 16.1 Å². The second-order valence-corrected chi connectivity index (χ2v) is 3.62. The topological polar surface area (TPSA) is 42.4 Å². The van der Waals surface area contributed by atoms with E-state index in [0.717, 1.165) is 5.56 Å². The number of pyridine rings is 1. The minimum atomic E-state index is -0.210. The SMILES string of the molecule is C=CCN(CC(=O)OCC)Cc1cccnc1. The van der Waals surface area contributed by atoms with E-state index in [-0.39, 0.29) is 12.5 Å². The summed E-state index contributed by atoms with van der Waals surface area (Å²) in [7, 11) is 0. The Balaban J connectivity index is 2.54. The standard InChI is InChI=1S/C13H18N2O2/c1-3-8-15(11-13(16)17-4-2)10-12-6-5-7-14-9-12/h3,5-7,9H,1,4,8,10-11H2,2H3. The molecule has 92 valence electrons. The Hall–Kier alpha value is -1.68. The fraction of sp³-hybridized carbons (Fsp3) is 0.385. The molecule has 17 heavy (non-hydrogen) atoms. The van der Waals surface area contributed by atoms with E-state index in [0.29, 0.717) is 19.7 Å². The highest BCUT2D eigenvalue weighted by Gasteiger charge is 2.10. The van der Waals surface area contributed by atoms with Crippen molar-refractivity contribution < 1.29 is 9.53 Å². The van der Waals surface area contributed by atoms with E-state index in [2.05, 4.69) is 11.6 Å². The van der Waals surface area contributed by atoms with Crippen molar-refractivity contribution in [3.8, 4) is 0 Å². The lowest BCUT2D eigenvalue weighted by atomic mass is 10.2. The Morgan fingerprint density at radius 2 is 2.47 bits per heavy atom. The molecule has 0 fully saturated rings. The summed E-state index contributed by atoms with van der Waals surface area (Å²) in [4.78, 5) is 17.4. The number of hydrogen-bond donors (Lipinski definition) is 0. The maximum absolute atomic E-state index is 11.4. The number of rotatable bonds is 7. The molecule has 1 aromatic heterocycles. The van der Waals surface area contributed by atoms with Crippen molar-refractivity contribution in [1.29, 1.82) is 0 Å². The highest BCUT2D eigenvalue weighted by atomic mass is 16.5. The van der Waals surface area contributed by atoms with Gasteiger partial charge in [-0.15, -0.1) is 6.58 Å². The van der Waals surface area contributed by atoms with Crippen LogP contribution in [0.1, 0.15) is 12.5 Å². The van der Waals surface area contributed by atoms with Gasteiger partial charge in [-0.25, -0.2) is 0 Å². The molecule has 0 aliphatic carbocycles. The third-order valence-electron chi connectivity index (χ3n) is 2.17. The van der Waals surface area contributed by atoms with Crippen LogP contribution in [0.3, 0.4) is 0 Å². The number of ether oxygens (including phenoxy) is 1. The molecule has 0 aliphatic rings. The highest BCUT2D eigenvalue weighted by Crippen LogP contribution is 2.03. The lowest BCUT2D eigenvalue weighted by molar-refractivity contribution is -0.144. The zero-order valence-corrected chi connectivity index (χ0v) is 10.1. The monoisotopic (exact) mass is 234 g/mol. The molecule has 0 radical (unpaired) electrons. The highest BCUT2D eigenvalue weighted by molar-refractivity contribution is 5.71. The minimum absolute atomic E-state index is 0.210. The van der Waals surface area contributed by atoms with Gasteiger partial charge in [0.15, 0.2) is 0 Å². The number of carbonyl (C=O) groups excluding carboxylic acids is 1. The zero-order valence-electron chi connectivity index (χ0n) is 10.1. The maximum Gasteiger partial charge on any atom is 0.320 e. The molecule has 4 heteroatoms. The molecule has 1 rings (SSSR count). The molecule has 0 saturated heterocycles. The Morgan fingerprint density at radius 3 is 3.06 bits per heavy atom. The van der Waals surface area contributed by atoms with E-state index < -0.39 is 0 Å². The first-order valence-electron chi connectivity index (χ1n) is 5.64. The molecule has 0 bridgehead atoms. The smallest absolute Gasteiger partial charge is 0.320 e. The summed E-state index contributed by atoms with van der Waals surface area (Å²) in [6, 6.07) is 3.86. The van der Waals surface area contributed by atoms with Crippen molar-refractivity contribution in [2.24, 2.45) is 0 Å². The average Bonchev–Trinajstić information content (AvgIpc) is 2.31. The van der Waals surface area contributed by atoms with Gasteiger partial charge < -0.3 is 4.74 Å². The van der Waals surface area contributed by atoms with Crippen molar-refractivity contribution in [1.82, 2.24) is 9.88 Å². The van der Waals surface area contributed by atoms with Gasteiger partial charge in [-0.1, -0.05) is 12.1 Å². The third kappa shape index (κ3) is 5.26.